The Morgan fingerprint density at radius 2 is 2.00 bits per heavy atom. The van der Waals surface area contributed by atoms with Gasteiger partial charge < -0.3 is 0 Å². The number of nitrogens with zero attached hydrogens (tertiary/aromatic N) is 2. The predicted octanol–water partition coefficient (Wildman–Crippen LogP) is 4.80. The Bertz CT molecular complexity index is 835. The molecule has 0 saturated heterocycles. The van der Waals surface area contributed by atoms with E-state index >= 15 is 0 Å². The first-order chi connectivity index (χ1) is 9.52. The number of hydrogen-bond donors (Lipinski definition) is 0. The lowest BCUT2D eigenvalue weighted by Crippen LogP contribution is -1.95. The molecular formula is C14H10Cl2N2OS. The van der Waals surface area contributed by atoms with Gasteiger partial charge in [-0.05, 0) is 26.0 Å². The standard InChI is InChI=1S/C14H10Cl2N2OS/c1-7-12(6-19)18-13(8(2)20-14(18)17-7)9-3-4-10(15)11(16)5-9/h3-6H,1-2H3. The summed E-state index contributed by atoms with van der Waals surface area (Å²) in [4.78, 5) is 17.6. The molecule has 0 radical (unpaired) electrons. The first-order valence-electron chi connectivity index (χ1n) is 5.92. The van der Waals surface area contributed by atoms with Gasteiger partial charge in [-0.25, -0.2) is 4.98 Å². The Hall–Kier alpha value is -1.36. The SMILES string of the molecule is Cc1nc2sc(C)c(-c3ccc(Cl)c(Cl)c3)n2c1C=O. The molecule has 0 bridgehead atoms. The summed E-state index contributed by atoms with van der Waals surface area (Å²) in [6.45, 7) is 3.83. The summed E-state index contributed by atoms with van der Waals surface area (Å²) in [5.41, 5.74) is 3.16. The second kappa shape index (κ2) is 4.88. The fraction of sp³-hybridized carbons (Fsp3) is 0.143. The molecule has 20 heavy (non-hydrogen) atoms. The summed E-state index contributed by atoms with van der Waals surface area (Å²) >= 11 is 13.6. The molecule has 1 aromatic carbocycles. The Morgan fingerprint density at radius 1 is 1.25 bits per heavy atom. The average Bonchev–Trinajstić information content (AvgIpc) is 2.86. The molecule has 0 aliphatic carbocycles. The molecule has 0 amide bonds. The van der Waals surface area contributed by atoms with Gasteiger partial charge in [0.15, 0.2) is 11.2 Å². The number of carbonyl (C=O) groups excluding carboxylic acids is 1. The number of fused-ring (bicyclic) bond motifs is 1. The maximum atomic E-state index is 11.3. The van der Waals surface area contributed by atoms with Crippen LogP contribution in [0, 0.1) is 13.8 Å². The molecule has 3 nitrogen and oxygen atoms in total. The van der Waals surface area contributed by atoms with E-state index in [4.69, 9.17) is 23.2 Å². The smallest absolute Gasteiger partial charge is 0.195 e. The van der Waals surface area contributed by atoms with E-state index in [1.807, 2.05) is 30.4 Å². The number of benzene rings is 1. The van der Waals surface area contributed by atoms with E-state index in [1.54, 1.807) is 17.4 Å². The summed E-state index contributed by atoms with van der Waals surface area (Å²) in [6, 6.07) is 5.46. The zero-order chi connectivity index (χ0) is 14.4. The molecule has 6 heteroatoms. The number of thiazole rings is 1. The fourth-order valence-electron chi connectivity index (χ4n) is 2.26. The average molecular weight is 325 g/mol. The molecule has 3 rings (SSSR count). The van der Waals surface area contributed by atoms with Crippen molar-refractivity contribution in [3.8, 4) is 11.3 Å². The van der Waals surface area contributed by atoms with Crippen molar-refractivity contribution in [2.45, 2.75) is 13.8 Å². The number of aryl methyl sites for hydroxylation is 2. The van der Waals surface area contributed by atoms with Crippen molar-refractivity contribution < 1.29 is 4.79 Å². The Labute approximate surface area is 129 Å². The summed E-state index contributed by atoms with van der Waals surface area (Å²) < 4.78 is 1.88. The van der Waals surface area contributed by atoms with E-state index in [2.05, 4.69) is 4.98 Å². The maximum absolute atomic E-state index is 11.3. The van der Waals surface area contributed by atoms with E-state index in [1.165, 1.54) is 0 Å². The molecule has 3 aromatic rings. The van der Waals surface area contributed by atoms with E-state index < -0.39 is 0 Å². The second-order valence-electron chi connectivity index (χ2n) is 4.45. The van der Waals surface area contributed by atoms with Crippen molar-refractivity contribution in [1.29, 1.82) is 0 Å². The lowest BCUT2D eigenvalue weighted by Gasteiger charge is -2.05. The molecule has 0 aliphatic heterocycles. The van der Waals surface area contributed by atoms with Crippen molar-refractivity contribution in [1.82, 2.24) is 9.38 Å². The molecule has 0 fully saturated rings. The molecule has 0 spiro atoms. The summed E-state index contributed by atoms with van der Waals surface area (Å²) in [5, 5.41) is 1.00. The molecule has 0 saturated carbocycles. The highest BCUT2D eigenvalue weighted by molar-refractivity contribution is 7.17. The molecule has 0 aliphatic rings. The number of aromatic nitrogens is 2. The van der Waals surface area contributed by atoms with Crippen LogP contribution in [0.2, 0.25) is 10.0 Å². The monoisotopic (exact) mass is 324 g/mol. The minimum atomic E-state index is 0.493. The topological polar surface area (TPSA) is 34.4 Å². The number of carbonyl (C=O) groups is 1. The van der Waals surface area contributed by atoms with Crippen LogP contribution in [0.15, 0.2) is 18.2 Å². The van der Waals surface area contributed by atoms with Gasteiger partial charge in [-0.3, -0.25) is 9.20 Å². The highest BCUT2D eigenvalue weighted by atomic mass is 35.5. The van der Waals surface area contributed by atoms with Crippen molar-refractivity contribution in [2.24, 2.45) is 0 Å². The third-order valence-corrected chi connectivity index (χ3v) is 4.87. The van der Waals surface area contributed by atoms with Crippen LogP contribution in [0.5, 0.6) is 0 Å². The highest BCUT2D eigenvalue weighted by Gasteiger charge is 2.18. The van der Waals surface area contributed by atoms with Gasteiger partial charge in [0.2, 0.25) is 0 Å². The van der Waals surface area contributed by atoms with Gasteiger partial charge in [0.1, 0.15) is 5.69 Å². The van der Waals surface area contributed by atoms with Crippen LogP contribution in [0.1, 0.15) is 21.1 Å². The minimum Gasteiger partial charge on any atom is -0.296 e. The molecule has 2 aromatic heterocycles. The van der Waals surface area contributed by atoms with Gasteiger partial charge in [-0.2, -0.15) is 0 Å². The third kappa shape index (κ3) is 1.95. The van der Waals surface area contributed by atoms with Crippen LogP contribution in [0.3, 0.4) is 0 Å². The van der Waals surface area contributed by atoms with Crippen molar-refractivity contribution in [3.05, 3.63) is 44.5 Å². The van der Waals surface area contributed by atoms with Crippen molar-refractivity contribution >= 4 is 45.8 Å². The normalized spacial score (nSPS) is 11.2. The highest BCUT2D eigenvalue weighted by Crippen LogP contribution is 2.35. The molecule has 2 heterocycles. The Kier molecular flexibility index (Phi) is 3.32. The van der Waals surface area contributed by atoms with Crippen LogP contribution < -0.4 is 0 Å². The van der Waals surface area contributed by atoms with Crippen LogP contribution in [-0.2, 0) is 0 Å². The van der Waals surface area contributed by atoms with Crippen molar-refractivity contribution in [3.63, 3.8) is 0 Å². The lowest BCUT2D eigenvalue weighted by molar-refractivity contribution is 0.111. The predicted molar refractivity (Wildman–Crippen MR) is 83.4 cm³/mol. The van der Waals surface area contributed by atoms with Crippen LogP contribution >= 0.6 is 34.5 Å². The Balaban J connectivity index is 2.37. The van der Waals surface area contributed by atoms with Gasteiger partial charge in [0, 0.05) is 10.4 Å². The number of imidazole rings is 1. The first kappa shape index (κ1) is 13.6. The molecular weight excluding hydrogens is 315 g/mol. The number of aldehydes is 1. The van der Waals surface area contributed by atoms with E-state index in [0.29, 0.717) is 15.7 Å². The number of halogens is 2. The van der Waals surface area contributed by atoms with E-state index in [9.17, 15) is 4.79 Å². The zero-order valence-corrected chi connectivity index (χ0v) is 13.1. The third-order valence-electron chi connectivity index (χ3n) is 3.17. The summed E-state index contributed by atoms with van der Waals surface area (Å²) in [6.07, 6.45) is 0.836. The summed E-state index contributed by atoms with van der Waals surface area (Å²) in [7, 11) is 0. The molecule has 0 unspecified atom stereocenters. The number of hydrogen-bond acceptors (Lipinski definition) is 3. The van der Waals surface area contributed by atoms with Crippen molar-refractivity contribution in [2.75, 3.05) is 0 Å². The molecule has 102 valence electrons. The van der Waals surface area contributed by atoms with Crippen LogP contribution in [0.4, 0.5) is 0 Å². The maximum Gasteiger partial charge on any atom is 0.195 e. The van der Waals surface area contributed by atoms with E-state index in [0.717, 1.165) is 33.1 Å². The second-order valence-corrected chi connectivity index (χ2v) is 6.45. The van der Waals surface area contributed by atoms with Gasteiger partial charge in [-0.15, -0.1) is 11.3 Å². The molecule has 0 atom stereocenters. The largest absolute Gasteiger partial charge is 0.296 e. The zero-order valence-electron chi connectivity index (χ0n) is 10.8. The number of rotatable bonds is 2. The van der Waals surface area contributed by atoms with Crippen LogP contribution in [-0.4, -0.2) is 15.7 Å². The molecule has 0 N–H and O–H groups in total. The van der Waals surface area contributed by atoms with Gasteiger partial charge in [-0.1, -0.05) is 29.3 Å². The van der Waals surface area contributed by atoms with Gasteiger partial charge in [0.05, 0.1) is 21.4 Å². The summed E-state index contributed by atoms with van der Waals surface area (Å²) in [5.74, 6) is 0. The first-order valence-corrected chi connectivity index (χ1v) is 7.49. The Morgan fingerprint density at radius 3 is 2.65 bits per heavy atom. The van der Waals surface area contributed by atoms with Gasteiger partial charge >= 0.3 is 0 Å². The fourth-order valence-corrected chi connectivity index (χ4v) is 3.60. The van der Waals surface area contributed by atoms with E-state index in [-0.39, 0.29) is 0 Å². The lowest BCUT2D eigenvalue weighted by atomic mass is 10.1. The quantitative estimate of drug-likeness (QED) is 0.634. The van der Waals surface area contributed by atoms with Gasteiger partial charge in [0.25, 0.3) is 0 Å². The van der Waals surface area contributed by atoms with Crippen LogP contribution in [0.25, 0.3) is 16.2 Å². The minimum absolute atomic E-state index is 0.493.